The second-order valence-corrected chi connectivity index (χ2v) is 4.11. The van der Waals surface area contributed by atoms with Crippen LogP contribution < -0.4 is 5.73 Å². The van der Waals surface area contributed by atoms with Crippen LogP contribution in [0.2, 0.25) is 0 Å². The van der Waals surface area contributed by atoms with Gasteiger partial charge >= 0.3 is 0 Å². The van der Waals surface area contributed by atoms with Gasteiger partial charge in [-0.3, -0.25) is 4.79 Å². The maximum atomic E-state index is 10.7. The molecule has 1 saturated heterocycles. The monoisotopic (exact) mass is 230 g/mol. The molecule has 0 aromatic heterocycles. The standard InChI is InChI=1S/C9H18N4O3/c1-7(14)8-2-4-12(5-3-8)13(11-16)6-9(10)15/h7-8,14H,2-6H2,1H3,(H2,10,15). The number of primary amides is 1. The fraction of sp³-hybridized carbons (Fsp3) is 0.889. The van der Waals surface area contributed by atoms with Gasteiger partial charge in [0.15, 0.2) is 0 Å². The van der Waals surface area contributed by atoms with Crippen molar-refractivity contribution in [3.8, 4) is 0 Å². The molecule has 3 N–H and O–H groups in total. The van der Waals surface area contributed by atoms with Crippen LogP contribution >= 0.6 is 0 Å². The van der Waals surface area contributed by atoms with Crippen LogP contribution in [-0.2, 0) is 4.79 Å². The Kier molecular flexibility index (Phi) is 4.63. The number of hydrogen-bond acceptors (Lipinski definition) is 5. The minimum Gasteiger partial charge on any atom is -0.393 e. The van der Waals surface area contributed by atoms with E-state index in [0.29, 0.717) is 13.1 Å². The summed E-state index contributed by atoms with van der Waals surface area (Å²) >= 11 is 0. The SMILES string of the molecule is CC(O)C1CCN(N(CC(N)=O)N=O)CC1. The third kappa shape index (κ3) is 3.42. The molecule has 0 aromatic carbocycles. The summed E-state index contributed by atoms with van der Waals surface area (Å²) in [6.07, 6.45) is 1.22. The fourth-order valence-corrected chi connectivity index (χ4v) is 1.92. The quantitative estimate of drug-likeness (QED) is 0.488. The van der Waals surface area contributed by atoms with Crippen molar-refractivity contribution < 1.29 is 9.90 Å². The lowest BCUT2D eigenvalue weighted by atomic mass is 9.93. The van der Waals surface area contributed by atoms with Crippen molar-refractivity contribution in [2.45, 2.75) is 25.9 Å². The van der Waals surface area contributed by atoms with Crippen LogP contribution in [0.25, 0.3) is 0 Å². The van der Waals surface area contributed by atoms with Crippen molar-refractivity contribution in [1.82, 2.24) is 10.1 Å². The van der Waals surface area contributed by atoms with E-state index < -0.39 is 5.91 Å². The van der Waals surface area contributed by atoms with Gasteiger partial charge in [-0.1, -0.05) is 0 Å². The molecule has 7 heteroatoms. The average Bonchev–Trinajstić information content (AvgIpc) is 2.25. The number of aliphatic hydroxyl groups is 1. The molecule has 92 valence electrons. The number of amides is 1. The Morgan fingerprint density at radius 1 is 1.62 bits per heavy atom. The van der Waals surface area contributed by atoms with Crippen molar-refractivity contribution in [2.24, 2.45) is 16.9 Å². The van der Waals surface area contributed by atoms with E-state index in [0.717, 1.165) is 18.0 Å². The number of nitrogens with zero attached hydrogens (tertiary/aromatic N) is 3. The molecule has 16 heavy (non-hydrogen) atoms. The van der Waals surface area contributed by atoms with Crippen LogP contribution in [0.1, 0.15) is 19.8 Å². The van der Waals surface area contributed by atoms with E-state index >= 15 is 0 Å². The first-order valence-electron chi connectivity index (χ1n) is 5.36. The van der Waals surface area contributed by atoms with Gasteiger partial charge in [0.05, 0.1) is 11.4 Å². The molecule has 0 aliphatic carbocycles. The lowest BCUT2D eigenvalue weighted by molar-refractivity contribution is -0.127. The molecule has 1 unspecified atom stereocenters. The van der Waals surface area contributed by atoms with Crippen LogP contribution in [0, 0.1) is 10.8 Å². The highest BCUT2D eigenvalue weighted by molar-refractivity contribution is 5.75. The van der Waals surface area contributed by atoms with Gasteiger partial charge in [-0.15, -0.1) is 4.91 Å². The Morgan fingerprint density at radius 3 is 2.56 bits per heavy atom. The molecule has 0 saturated carbocycles. The summed E-state index contributed by atoms with van der Waals surface area (Å²) in [6.45, 7) is 2.78. The molecule has 1 heterocycles. The number of hydrazine groups is 1. The molecule has 1 aliphatic heterocycles. The van der Waals surface area contributed by atoms with Crippen molar-refractivity contribution in [3.63, 3.8) is 0 Å². The van der Waals surface area contributed by atoms with Gasteiger partial charge in [0, 0.05) is 13.1 Å². The third-order valence-electron chi connectivity index (χ3n) is 2.92. The van der Waals surface area contributed by atoms with Gasteiger partial charge in [-0.25, -0.2) is 5.01 Å². The molecule has 7 nitrogen and oxygen atoms in total. The van der Waals surface area contributed by atoms with Gasteiger partial charge in [-0.2, -0.15) is 5.12 Å². The topological polar surface area (TPSA) is 99.2 Å². The number of rotatable bonds is 5. The predicted octanol–water partition coefficient (Wildman–Crippen LogP) is -0.537. The highest BCUT2D eigenvalue weighted by atomic mass is 16.3. The molecule has 1 aliphatic rings. The highest BCUT2D eigenvalue weighted by Gasteiger charge is 2.26. The number of hydrogen-bond donors (Lipinski definition) is 2. The number of nitrogens with two attached hydrogens (primary N) is 1. The molecular weight excluding hydrogens is 212 g/mol. The summed E-state index contributed by atoms with van der Waals surface area (Å²) in [7, 11) is 0. The Hall–Kier alpha value is -1.21. The Labute approximate surface area is 94.1 Å². The largest absolute Gasteiger partial charge is 0.393 e. The summed E-state index contributed by atoms with van der Waals surface area (Å²) in [4.78, 5) is 21.2. The summed E-state index contributed by atoms with van der Waals surface area (Å²) in [5, 5.41) is 14.9. The highest BCUT2D eigenvalue weighted by Crippen LogP contribution is 2.21. The van der Waals surface area contributed by atoms with Gasteiger partial charge < -0.3 is 10.8 Å². The van der Waals surface area contributed by atoms with Crippen LogP contribution in [0.15, 0.2) is 5.29 Å². The summed E-state index contributed by atoms with van der Waals surface area (Å²) in [6, 6.07) is 0. The Balaban J connectivity index is 2.44. The van der Waals surface area contributed by atoms with Crippen molar-refractivity contribution in [3.05, 3.63) is 4.91 Å². The first-order chi connectivity index (χ1) is 7.54. The van der Waals surface area contributed by atoms with Gasteiger partial charge in [0.25, 0.3) is 0 Å². The lowest BCUT2D eigenvalue weighted by Gasteiger charge is -2.36. The van der Waals surface area contributed by atoms with Crippen LogP contribution in [-0.4, -0.2) is 46.9 Å². The Morgan fingerprint density at radius 2 is 2.19 bits per heavy atom. The lowest BCUT2D eigenvalue weighted by Crippen LogP contribution is -2.48. The second kappa shape index (κ2) is 5.76. The predicted molar refractivity (Wildman–Crippen MR) is 57.7 cm³/mol. The van der Waals surface area contributed by atoms with Gasteiger partial charge in [0.2, 0.25) is 5.91 Å². The minimum absolute atomic E-state index is 0.192. The van der Waals surface area contributed by atoms with Crippen molar-refractivity contribution >= 4 is 5.91 Å². The molecule has 0 spiro atoms. The third-order valence-corrected chi connectivity index (χ3v) is 2.92. The molecule has 1 atom stereocenters. The van der Waals surface area contributed by atoms with E-state index in [9.17, 15) is 14.8 Å². The van der Waals surface area contributed by atoms with Crippen molar-refractivity contribution in [2.75, 3.05) is 19.6 Å². The van der Waals surface area contributed by atoms with E-state index in [1.165, 1.54) is 0 Å². The molecule has 0 bridgehead atoms. The number of aliphatic hydroxyl groups excluding tert-OH is 1. The Bertz CT molecular complexity index is 251. The van der Waals surface area contributed by atoms with E-state index in [4.69, 9.17) is 5.73 Å². The van der Waals surface area contributed by atoms with Gasteiger partial charge in [0.1, 0.15) is 6.54 Å². The van der Waals surface area contributed by atoms with E-state index in [1.807, 2.05) is 0 Å². The van der Waals surface area contributed by atoms with Crippen LogP contribution in [0.4, 0.5) is 0 Å². The molecule has 1 rings (SSSR count). The smallest absolute Gasteiger partial charge is 0.240 e. The molecule has 1 fully saturated rings. The fourth-order valence-electron chi connectivity index (χ4n) is 1.92. The van der Waals surface area contributed by atoms with Gasteiger partial charge in [-0.05, 0) is 25.7 Å². The molecule has 0 aromatic rings. The second-order valence-electron chi connectivity index (χ2n) is 4.11. The summed E-state index contributed by atoms with van der Waals surface area (Å²) < 4.78 is 0. The van der Waals surface area contributed by atoms with Crippen molar-refractivity contribution in [1.29, 1.82) is 0 Å². The average molecular weight is 230 g/mol. The van der Waals surface area contributed by atoms with E-state index in [-0.39, 0.29) is 18.6 Å². The molecule has 0 radical (unpaired) electrons. The maximum absolute atomic E-state index is 10.7. The zero-order valence-corrected chi connectivity index (χ0v) is 9.37. The molecular formula is C9H18N4O3. The zero-order valence-electron chi connectivity index (χ0n) is 9.37. The zero-order chi connectivity index (χ0) is 12.1. The number of carbonyl (C=O) groups is 1. The van der Waals surface area contributed by atoms with Crippen LogP contribution in [0.5, 0.6) is 0 Å². The van der Waals surface area contributed by atoms with E-state index in [2.05, 4.69) is 5.29 Å². The normalized spacial score (nSPS) is 20.4. The summed E-state index contributed by atoms with van der Waals surface area (Å²) in [5.74, 6) is -0.337. The number of nitroso groups, excluding NO2 is 1. The first kappa shape index (κ1) is 12.9. The number of piperidine rings is 1. The van der Waals surface area contributed by atoms with E-state index in [1.54, 1.807) is 11.9 Å². The summed E-state index contributed by atoms with van der Waals surface area (Å²) in [5.41, 5.74) is 5.00. The minimum atomic E-state index is -0.586. The molecule has 1 amide bonds. The maximum Gasteiger partial charge on any atom is 0.240 e. The number of carbonyl (C=O) groups excluding carboxylic acids is 1. The first-order valence-corrected chi connectivity index (χ1v) is 5.36. The van der Waals surface area contributed by atoms with Crippen LogP contribution in [0.3, 0.4) is 0 Å².